The molecule has 6 heteroatoms. The number of halogens is 1. The summed E-state index contributed by atoms with van der Waals surface area (Å²) in [5, 5.41) is 3.55. The lowest BCUT2D eigenvalue weighted by Gasteiger charge is -2.31. The maximum absolute atomic E-state index is 13.7. The van der Waals surface area contributed by atoms with Crippen LogP contribution in [0, 0.1) is 6.92 Å². The first kappa shape index (κ1) is 21.2. The number of benzene rings is 3. The van der Waals surface area contributed by atoms with E-state index >= 15 is 0 Å². The molecule has 0 saturated carbocycles. The lowest BCUT2D eigenvalue weighted by molar-refractivity contribution is 0.194. The fourth-order valence-electron chi connectivity index (χ4n) is 4.38. The highest BCUT2D eigenvalue weighted by Gasteiger charge is 2.33. The summed E-state index contributed by atoms with van der Waals surface area (Å²) >= 11 is 6.42. The van der Waals surface area contributed by atoms with Gasteiger partial charge in [0.2, 0.25) is 0 Å². The van der Waals surface area contributed by atoms with Gasteiger partial charge in [0.1, 0.15) is 5.75 Å². The normalized spacial score (nSPS) is 14.8. The lowest BCUT2D eigenvalue weighted by Crippen LogP contribution is -2.38. The van der Waals surface area contributed by atoms with Crippen molar-refractivity contribution in [3.8, 4) is 11.4 Å². The van der Waals surface area contributed by atoms with Gasteiger partial charge >= 0.3 is 6.03 Å². The summed E-state index contributed by atoms with van der Waals surface area (Å²) in [6.07, 6.45) is 2.04. The number of anilines is 1. The number of nitrogens with zero attached hydrogens (tertiary/aromatic N) is 2. The van der Waals surface area contributed by atoms with Gasteiger partial charge in [-0.3, -0.25) is 0 Å². The van der Waals surface area contributed by atoms with E-state index in [1.165, 1.54) is 0 Å². The lowest BCUT2D eigenvalue weighted by atomic mass is 10.0. The number of ether oxygens (including phenoxy) is 1. The maximum Gasteiger partial charge on any atom is 0.323 e. The quantitative estimate of drug-likeness (QED) is 0.377. The van der Waals surface area contributed by atoms with Gasteiger partial charge in [0, 0.05) is 11.9 Å². The fourth-order valence-corrected chi connectivity index (χ4v) is 4.67. The van der Waals surface area contributed by atoms with E-state index in [0.717, 1.165) is 33.8 Å². The molecule has 1 atom stereocenters. The van der Waals surface area contributed by atoms with Crippen molar-refractivity contribution in [2.45, 2.75) is 19.5 Å². The minimum absolute atomic E-state index is 0.217. The maximum atomic E-state index is 13.7. The molecular weight excluding hydrogens is 434 g/mol. The van der Waals surface area contributed by atoms with Crippen LogP contribution in [-0.4, -0.2) is 22.6 Å². The number of amides is 2. The molecule has 4 aromatic rings. The Morgan fingerprint density at radius 1 is 1.03 bits per heavy atom. The minimum atomic E-state index is -0.303. The number of aryl methyl sites for hydroxylation is 1. The second-order valence-electron chi connectivity index (χ2n) is 8.15. The van der Waals surface area contributed by atoms with Gasteiger partial charge in [0.25, 0.3) is 0 Å². The molecule has 2 amide bonds. The molecule has 5 rings (SSSR count). The number of nitrogens with one attached hydrogen (secondary N) is 1. The van der Waals surface area contributed by atoms with Crippen molar-refractivity contribution in [2.24, 2.45) is 0 Å². The number of methoxy groups -OCH3 is 1. The van der Waals surface area contributed by atoms with Crippen LogP contribution < -0.4 is 10.1 Å². The van der Waals surface area contributed by atoms with Crippen molar-refractivity contribution in [1.29, 1.82) is 0 Å². The Bertz CT molecular complexity index is 1310. The van der Waals surface area contributed by atoms with E-state index in [-0.39, 0.29) is 12.1 Å². The molecule has 0 spiro atoms. The number of carbonyl (C=O) groups is 1. The molecule has 0 fully saturated rings. The number of hydrogen-bond acceptors (Lipinski definition) is 2. The average molecular weight is 458 g/mol. The Labute approximate surface area is 198 Å². The van der Waals surface area contributed by atoms with E-state index < -0.39 is 0 Å². The summed E-state index contributed by atoms with van der Waals surface area (Å²) in [6.45, 7) is 2.42. The molecule has 0 saturated heterocycles. The molecule has 166 valence electrons. The van der Waals surface area contributed by atoms with Crippen molar-refractivity contribution < 1.29 is 9.53 Å². The molecule has 0 radical (unpaired) electrons. The van der Waals surface area contributed by atoms with Crippen molar-refractivity contribution in [1.82, 2.24) is 9.47 Å². The third kappa shape index (κ3) is 3.96. The van der Waals surface area contributed by atoms with Crippen LogP contribution in [0.1, 0.15) is 28.4 Å². The average Bonchev–Trinajstić information content (AvgIpc) is 3.25. The Kier molecular flexibility index (Phi) is 5.56. The second-order valence-corrected chi connectivity index (χ2v) is 8.56. The van der Waals surface area contributed by atoms with Crippen molar-refractivity contribution in [3.63, 3.8) is 0 Å². The van der Waals surface area contributed by atoms with Crippen LogP contribution in [0.3, 0.4) is 0 Å². The van der Waals surface area contributed by atoms with Crippen molar-refractivity contribution in [3.05, 3.63) is 112 Å². The summed E-state index contributed by atoms with van der Waals surface area (Å²) < 4.78 is 7.51. The Morgan fingerprint density at radius 2 is 1.82 bits per heavy atom. The monoisotopic (exact) mass is 457 g/mol. The predicted molar refractivity (Wildman–Crippen MR) is 131 cm³/mol. The number of fused-ring (bicyclic) bond motifs is 3. The molecule has 2 heterocycles. The van der Waals surface area contributed by atoms with Crippen LogP contribution in [0.25, 0.3) is 5.69 Å². The molecule has 3 aromatic carbocycles. The highest BCUT2D eigenvalue weighted by atomic mass is 35.5. The summed E-state index contributed by atoms with van der Waals surface area (Å²) in [5.41, 5.74) is 5.77. The molecule has 0 aliphatic carbocycles. The fraction of sp³-hybridized carbons (Fsp3) is 0.148. The van der Waals surface area contributed by atoms with E-state index in [9.17, 15) is 4.79 Å². The SMILES string of the molecule is COc1ccc([C@@H]2c3cccn3-c3ccccc3CN2C(=O)Nc2ccc(C)cc2Cl)cc1. The van der Waals surface area contributed by atoms with Crippen LogP contribution in [0.15, 0.2) is 85.1 Å². The van der Waals surface area contributed by atoms with Gasteiger partial charge in [-0.2, -0.15) is 0 Å². The molecule has 33 heavy (non-hydrogen) atoms. The number of carbonyl (C=O) groups excluding carboxylic acids is 1. The van der Waals surface area contributed by atoms with E-state index in [4.69, 9.17) is 16.3 Å². The van der Waals surface area contributed by atoms with Gasteiger partial charge in [0.15, 0.2) is 0 Å². The molecule has 0 unspecified atom stereocenters. The smallest absolute Gasteiger partial charge is 0.323 e. The number of hydrogen-bond donors (Lipinski definition) is 1. The zero-order valence-corrected chi connectivity index (χ0v) is 19.2. The van der Waals surface area contributed by atoms with Crippen LogP contribution in [0.2, 0.25) is 5.02 Å². The third-order valence-corrected chi connectivity index (χ3v) is 6.34. The largest absolute Gasteiger partial charge is 0.497 e. The van der Waals surface area contributed by atoms with Crippen LogP contribution in [0.5, 0.6) is 5.75 Å². The van der Waals surface area contributed by atoms with Gasteiger partial charge in [-0.05, 0) is 66.1 Å². The molecule has 1 aliphatic heterocycles. The zero-order chi connectivity index (χ0) is 22.9. The summed E-state index contributed by atoms with van der Waals surface area (Å²) in [6, 6.07) is 25.2. The number of para-hydroxylation sites is 1. The van der Waals surface area contributed by atoms with Crippen LogP contribution >= 0.6 is 11.6 Å². The van der Waals surface area contributed by atoms with Gasteiger partial charge in [-0.25, -0.2) is 4.79 Å². The summed E-state index contributed by atoms with van der Waals surface area (Å²) in [7, 11) is 1.65. The molecule has 5 nitrogen and oxygen atoms in total. The Hall–Kier alpha value is -3.70. The molecular formula is C27H24ClN3O2. The van der Waals surface area contributed by atoms with E-state index in [1.807, 2.05) is 78.7 Å². The second kappa shape index (κ2) is 8.68. The van der Waals surface area contributed by atoms with Crippen LogP contribution in [0.4, 0.5) is 10.5 Å². The highest BCUT2D eigenvalue weighted by Crippen LogP contribution is 2.37. The minimum Gasteiger partial charge on any atom is -0.497 e. The van der Waals surface area contributed by atoms with E-state index in [2.05, 4.69) is 28.1 Å². The zero-order valence-electron chi connectivity index (χ0n) is 18.5. The van der Waals surface area contributed by atoms with E-state index in [0.29, 0.717) is 17.3 Å². The highest BCUT2D eigenvalue weighted by molar-refractivity contribution is 6.33. The van der Waals surface area contributed by atoms with E-state index in [1.54, 1.807) is 7.11 Å². The number of rotatable bonds is 3. The Balaban J connectivity index is 1.62. The number of urea groups is 1. The van der Waals surface area contributed by atoms with Gasteiger partial charge in [0.05, 0.1) is 36.1 Å². The van der Waals surface area contributed by atoms with Gasteiger partial charge < -0.3 is 19.5 Å². The van der Waals surface area contributed by atoms with Crippen molar-refractivity contribution >= 4 is 23.3 Å². The standard InChI is InChI=1S/C27H24ClN3O2/c1-18-9-14-23(22(28)16-18)29-27(32)31-17-20-6-3-4-7-24(20)30-15-5-8-25(30)26(31)19-10-12-21(33-2)13-11-19/h3-16,26H,17H2,1-2H3,(H,29,32)/t26-/m1/s1. The summed E-state index contributed by atoms with van der Waals surface area (Å²) in [4.78, 5) is 15.6. The molecule has 1 aliphatic rings. The first-order valence-corrected chi connectivity index (χ1v) is 11.2. The topological polar surface area (TPSA) is 46.5 Å². The van der Waals surface area contributed by atoms with Crippen LogP contribution in [-0.2, 0) is 6.54 Å². The Morgan fingerprint density at radius 3 is 2.58 bits per heavy atom. The van der Waals surface area contributed by atoms with Gasteiger partial charge in [-0.1, -0.05) is 48.0 Å². The first-order chi connectivity index (χ1) is 16.0. The summed E-state index contributed by atoms with van der Waals surface area (Å²) in [5.74, 6) is 0.772. The molecule has 1 aromatic heterocycles. The molecule has 1 N–H and O–H groups in total. The third-order valence-electron chi connectivity index (χ3n) is 6.02. The number of aromatic nitrogens is 1. The van der Waals surface area contributed by atoms with Crippen molar-refractivity contribution in [2.75, 3.05) is 12.4 Å². The predicted octanol–water partition coefficient (Wildman–Crippen LogP) is 6.58. The molecule has 0 bridgehead atoms. The first-order valence-electron chi connectivity index (χ1n) is 10.8. The van der Waals surface area contributed by atoms with Gasteiger partial charge in [-0.15, -0.1) is 0 Å².